The molecule has 0 aromatic heterocycles. The third-order valence-electron chi connectivity index (χ3n) is 6.99. The second kappa shape index (κ2) is 12.4. The molecule has 2 atom stereocenters. The zero-order valence-electron chi connectivity index (χ0n) is 22.9. The van der Waals surface area contributed by atoms with Gasteiger partial charge in [0.25, 0.3) is 5.91 Å². The van der Waals surface area contributed by atoms with Gasteiger partial charge in [0.1, 0.15) is 5.75 Å². The largest absolute Gasteiger partial charge is 0.496 e. The number of para-hydroxylation sites is 1. The van der Waals surface area contributed by atoms with Crippen LogP contribution in [0.15, 0.2) is 103 Å². The number of carbonyl (C=O) groups is 3. The highest BCUT2D eigenvalue weighted by atomic mass is 16.6. The van der Waals surface area contributed by atoms with Gasteiger partial charge in [-0.05, 0) is 47.9 Å². The standard InChI is InChI=1S/C33H31N3O5/c1-22-12-14-24(15-13-22)21-36-29(32(38)34-20-23-8-4-3-5-9-23)30(41-33(36)39)25-16-18-26(19-17-25)35-31(37)27-10-6-7-11-28(27)40-2/h3-19,29-30H,20-21H2,1-2H3,(H,34,38)(H,35,37). The van der Waals surface area contributed by atoms with Gasteiger partial charge >= 0.3 is 6.09 Å². The Kier molecular flexibility index (Phi) is 8.29. The maximum atomic E-state index is 13.6. The molecule has 4 aromatic rings. The number of nitrogens with zero attached hydrogens (tertiary/aromatic N) is 1. The summed E-state index contributed by atoms with van der Waals surface area (Å²) in [6.45, 7) is 2.54. The summed E-state index contributed by atoms with van der Waals surface area (Å²) in [7, 11) is 1.51. The number of cyclic esters (lactones) is 1. The number of anilines is 1. The second-order valence-corrected chi connectivity index (χ2v) is 9.84. The molecule has 41 heavy (non-hydrogen) atoms. The number of aryl methyl sites for hydroxylation is 1. The molecule has 2 unspecified atom stereocenters. The molecule has 1 aliphatic rings. The van der Waals surface area contributed by atoms with Crippen LogP contribution in [0.25, 0.3) is 0 Å². The Morgan fingerprint density at radius 3 is 2.24 bits per heavy atom. The number of hydrogen-bond acceptors (Lipinski definition) is 5. The Hall–Kier alpha value is -5.11. The lowest BCUT2D eigenvalue weighted by Crippen LogP contribution is -2.46. The highest BCUT2D eigenvalue weighted by Gasteiger charge is 2.46. The summed E-state index contributed by atoms with van der Waals surface area (Å²) in [5.74, 6) is -0.159. The van der Waals surface area contributed by atoms with E-state index in [1.54, 1.807) is 48.5 Å². The van der Waals surface area contributed by atoms with Crippen LogP contribution in [0.4, 0.5) is 10.5 Å². The first-order chi connectivity index (χ1) is 19.9. The van der Waals surface area contributed by atoms with Gasteiger partial charge < -0.3 is 20.1 Å². The minimum absolute atomic E-state index is 0.228. The summed E-state index contributed by atoms with van der Waals surface area (Å²) >= 11 is 0. The van der Waals surface area contributed by atoms with E-state index in [2.05, 4.69) is 10.6 Å². The lowest BCUT2D eigenvalue weighted by molar-refractivity contribution is -0.126. The van der Waals surface area contributed by atoms with Gasteiger partial charge in [-0.3, -0.25) is 14.5 Å². The molecule has 1 aliphatic heterocycles. The quantitative estimate of drug-likeness (QED) is 0.282. The summed E-state index contributed by atoms with van der Waals surface area (Å²) in [6, 6.07) is 30.4. The van der Waals surface area contributed by atoms with Gasteiger partial charge in [-0.2, -0.15) is 0 Å². The number of methoxy groups -OCH3 is 1. The average molecular weight is 550 g/mol. The smallest absolute Gasteiger partial charge is 0.411 e. The third-order valence-corrected chi connectivity index (χ3v) is 6.99. The number of amides is 3. The zero-order chi connectivity index (χ0) is 28.8. The van der Waals surface area contributed by atoms with Crippen LogP contribution >= 0.6 is 0 Å². The van der Waals surface area contributed by atoms with E-state index < -0.39 is 18.2 Å². The lowest BCUT2D eigenvalue weighted by atomic mass is 10.00. The van der Waals surface area contributed by atoms with Crippen molar-refractivity contribution >= 4 is 23.6 Å². The van der Waals surface area contributed by atoms with Gasteiger partial charge in [0.05, 0.1) is 19.2 Å². The van der Waals surface area contributed by atoms with Crippen LogP contribution in [0.3, 0.4) is 0 Å². The Balaban J connectivity index is 1.36. The molecule has 8 heteroatoms. The summed E-state index contributed by atoms with van der Waals surface area (Å²) < 4.78 is 11.1. The van der Waals surface area contributed by atoms with Crippen LogP contribution in [0.5, 0.6) is 5.75 Å². The molecule has 0 radical (unpaired) electrons. The number of carbonyl (C=O) groups excluding carboxylic acids is 3. The fraction of sp³-hybridized carbons (Fsp3) is 0.182. The first-order valence-corrected chi connectivity index (χ1v) is 13.3. The third kappa shape index (κ3) is 6.38. The van der Waals surface area contributed by atoms with Crippen molar-refractivity contribution in [1.82, 2.24) is 10.2 Å². The molecule has 8 nitrogen and oxygen atoms in total. The van der Waals surface area contributed by atoms with Crippen molar-refractivity contribution in [3.05, 3.63) is 131 Å². The summed E-state index contributed by atoms with van der Waals surface area (Å²) in [5.41, 5.74) is 4.54. The molecular weight excluding hydrogens is 518 g/mol. The molecule has 208 valence electrons. The van der Waals surface area contributed by atoms with E-state index >= 15 is 0 Å². The van der Waals surface area contributed by atoms with Crippen LogP contribution < -0.4 is 15.4 Å². The van der Waals surface area contributed by atoms with E-state index in [4.69, 9.17) is 9.47 Å². The minimum Gasteiger partial charge on any atom is -0.496 e. The Labute approximate surface area is 238 Å². The van der Waals surface area contributed by atoms with Crippen LogP contribution in [0.2, 0.25) is 0 Å². The predicted octanol–water partition coefficient (Wildman–Crippen LogP) is 5.63. The molecule has 4 aromatic carbocycles. The summed E-state index contributed by atoms with van der Waals surface area (Å²) in [4.78, 5) is 41.0. The fourth-order valence-corrected chi connectivity index (χ4v) is 4.78. The molecule has 5 rings (SSSR count). The van der Waals surface area contributed by atoms with Crippen molar-refractivity contribution < 1.29 is 23.9 Å². The number of nitrogens with one attached hydrogen (secondary N) is 2. The van der Waals surface area contributed by atoms with Gasteiger partial charge in [0.2, 0.25) is 5.91 Å². The molecule has 0 spiro atoms. The second-order valence-electron chi connectivity index (χ2n) is 9.84. The first-order valence-electron chi connectivity index (χ1n) is 13.3. The maximum absolute atomic E-state index is 13.6. The molecule has 3 amide bonds. The van der Waals surface area contributed by atoms with Crippen LogP contribution in [-0.4, -0.2) is 36.0 Å². The number of rotatable bonds is 9. The molecule has 1 fully saturated rings. The van der Waals surface area contributed by atoms with Crippen molar-refractivity contribution in [1.29, 1.82) is 0 Å². The lowest BCUT2D eigenvalue weighted by Gasteiger charge is -2.24. The van der Waals surface area contributed by atoms with E-state index in [1.165, 1.54) is 12.0 Å². The van der Waals surface area contributed by atoms with Gasteiger partial charge in [-0.25, -0.2) is 4.79 Å². The molecule has 1 heterocycles. The first kappa shape index (κ1) is 27.5. The predicted molar refractivity (Wildman–Crippen MR) is 155 cm³/mol. The molecular formula is C33H31N3O5. The van der Waals surface area contributed by atoms with Crippen LogP contribution in [0, 0.1) is 6.92 Å². The Bertz CT molecular complexity index is 1520. The Morgan fingerprint density at radius 2 is 1.54 bits per heavy atom. The van der Waals surface area contributed by atoms with E-state index in [1.807, 2.05) is 61.5 Å². The highest BCUT2D eigenvalue weighted by Crippen LogP contribution is 2.35. The average Bonchev–Trinajstić information content (AvgIpc) is 3.33. The molecule has 1 saturated heterocycles. The fourth-order valence-electron chi connectivity index (χ4n) is 4.78. The highest BCUT2D eigenvalue weighted by molar-refractivity contribution is 6.06. The van der Waals surface area contributed by atoms with Crippen LogP contribution in [-0.2, 0) is 22.6 Å². The maximum Gasteiger partial charge on any atom is 0.411 e. The van der Waals surface area contributed by atoms with Crippen molar-refractivity contribution in [3.63, 3.8) is 0 Å². The van der Waals surface area contributed by atoms with Crippen molar-refractivity contribution in [2.24, 2.45) is 0 Å². The minimum atomic E-state index is -0.887. The summed E-state index contributed by atoms with van der Waals surface area (Å²) in [5, 5.41) is 5.83. The van der Waals surface area contributed by atoms with E-state index in [9.17, 15) is 14.4 Å². The zero-order valence-corrected chi connectivity index (χ0v) is 22.9. The van der Waals surface area contributed by atoms with E-state index in [0.717, 1.165) is 16.7 Å². The van der Waals surface area contributed by atoms with Gasteiger partial charge in [0.15, 0.2) is 12.1 Å². The molecule has 0 saturated carbocycles. The van der Waals surface area contributed by atoms with Crippen molar-refractivity contribution in [3.8, 4) is 5.75 Å². The molecule has 0 aliphatic carbocycles. The Morgan fingerprint density at radius 1 is 0.854 bits per heavy atom. The topological polar surface area (TPSA) is 97.0 Å². The molecule has 0 bridgehead atoms. The summed E-state index contributed by atoms with van der Waals surface area (Å²) in [6.07, 6.45) is -1.40. The van der Waals surface area contributed by atoms with Gasteiger partial charge in [-0.15, -0.1) is 0 Å². The van der Waals surface area contributed by atoms with Crippen molar-refractivity contribution in [2.45, 2.75) is 32.2 Å². The van der Waals surface area contributed by atoms with E-state index in [0.29, 0.717) is 29.1 Å². The van der Waals surface area contributed by atoms with E-state index in [-0.39, 0.29) is 18.4 Å². The number of benzene rings is 4. The SMILES string of the molecule is COc1ccccc1C(=O)Nc1ccc(C2OC(=O)N(Cc3ccc(C)cc3)C2C(=O)NCc2ccccc2)cc1. The van der Waals surface area contributed by atoms with Crippen LogP contribution in [0.1, 0.15) is 38.7 Å². The normalized spacial score (nSPS) is 16.1. The number of hydrogen-bond donors (Lipinski definition) is 2. The van der Waals surface area contributed by atoms with Gasteiger partial charge in [-0.1, -0.05) is 84.4 Å². The monoisotopic (exact) mass is 549 g/mol. The van der Waals surface area contributed by atoms with Gasteiger partial charge in [0, 0.05) is 12.2 Å². The van der Waals surface area contributed by atoms with Crippen molar-refractivity contribution in [2.75, 3.05) is 12.4 Å². The molecule has 2 N–H and O–H groups in total. The number of ether oxygens (including phenoxy) is 2.